The highest BCUT2D eigenvalue weighted by Crippen LogP contribution is 2.30. The molecule has 0 fully saturated rings. The van der Waals surface area contributed by atoms with Crippen LogP contribution in [0.5, 0.6) is 0 Å². The third kappa shape index (κ3) is 4.99. The van der Waals surface area contributed by atoms with E-state index in [0.29, 0.717) is 17.5 Å². The van der Waals surface area contributed by atoms with Gasteiger partial charge in [-0.25, -0.2) is 15.0 Å². The lowest BCUT2D eigenvalue weighted by Gasteiger charge is -2.10. The van der Waals surface area contributed by atoms with Crippen molar-refractivity contribution in [2.45, 2.75) is 6.92 Å². The first-order chi connectivity index (χ1) is 20.2. The van der Waals surface area contributed by atoms with Gasteiger partial charge < -0.3 is 0 Å². The van der Waals surface area contributed by atoms with E-state index in [0.717, 1.165) is 33.5 Å². The third-order valence-corrected chi connectivity index (χ3v) is 7.36. The highest BCUT2D eigenvalue weighted by atomic mass is 15.0. The average molecular weight is 527 g/mol. The molecule has 41 heavy (non-hydrogen) atoms. The molecule has 0 unspecified atom stereocenters. The Morgan fingerprint density at radius 1 is 0.390 bits per heavy atom. The maximum atomic E-state index is 4.85. The molecule has 0 amide bonds. The fourth-order valence-electron chi connectivity index (χ4n) is 5.10. The van der Waals surface area contributed by atoms with Crippen molar-refractivity contribution in [2.75, 3.05) is 0 Å². The first kappa shape index (κ1) is 24.6. The van der Waals surface area contributed by atoms with Crippen LogP contribution in [-0.4, -0.2) is 19.9 Å². The van der Waals surface area contributed by atoms with Crippen molar-refractivity contribution >= 4 is 10.8 Å². The summed E-state index contributed by atoms with van der Waals surface area (Å²) in [6.45, 7) is 2.06. The van der Waals surface area contributed by atoms with E-state index in [1.54, 1.807) is 0 Å². The predicted molar refractivity (Wildman–Crippen MR) is 167 cm³/mol. The quantitative estimate of drug-likeness (QED) is 0.224. The molecule has 2 aromatic heterocycles. The fraction of sp³-hybridized carbons (Fsp3) is 0.0270. The van der Waals surface area contributed by atoms with Crippen molar-refractivity contribution in [3.8, 4) is 56.4 Å². The predicted octanol–water partition coefficient (Wildman–Crippen LogP) is 9.06. The maximum Gasteiger partial charge on any atom is 0.164 e. The molecule has 5 aromatic carbocycles. The summed E-state index contributed by atoms with van der Waals surface area (Å²) < 4.78 is 0. The monoisotopic (exact) mass is 526 g/mol. The summed E-state index contributed by atoms with van der Waals surface area (Å²) in [6.07, 6.45) is 1.86. The molecule has 0 bridgehead atoms. The molecule has 0 N–H and O–H groups in total. The van der Waals surface area contributed by atoms with Crippen LogP contribution < -0.4 is 0 Å². The van der Waals surface area contributed by atoms with Gasteiger partial charge in [0.2, 0.25) is 0 Å². The number of aryl methyl sites for hydroxylation is 1. The Kier molecular flexibility index (Phi) is 6.34. The Morgan fingerprint density at radius 3 is 1.32 bits per heavy atom. The average Bonchev–Trinajstić information content (AvgIpc) is 3.06. The van der Waals surface area contributed by atoms with E-state index in [-0.39, 0.29) is 0 Å². The second-order valence-electron chi connectivity index (χ2n) is 10.0. The van der Waals surface area contributed by atoms with E-state index in [9.17, 15) is 0 Å². The first-order valence-electron chi connectivity index (χ1n) is 13.6. The van der Waals surface area contributed by atoms with Crippen LogP contribution in [0.4, 0.5) is 0 Å². The van der Waals surface area contributed by atoms with Crippen LogP contribution in [0, 0.1) is 6.92 Å². The van der Waals surface area contributed by atoms with Crippen LogP contribution in [0.15, 0.2) is 140 Å². The molecule has 0 atom stereocenters. The zero-order valence-electron chi connectivity index (χ0n) is 22.6. The minimum Gasteiger partial charge on any atom is -0.261 e. The van der Waals surface area contributed by atoms with Gasteiger partial charge in [0.1, 0.15) is 0 Å². The lowest BCUT2D eigenvalue weighted by atomic mass is 9.97. The van der Waals surface area contributed by atoms with E-state index < -0.39 is 0 Å². The van der Waals surface area contributed by atoms with Gasteiger partial charge in [-0.15, -0.1) is 0 Å². The fourth-order valence-corrected chi connectivity index (χ4v) is 5.10. The Morgan fingerprint density at radius 2 is 0.805 bits per heavy atom. The smallest absolute Gasteiger partial charge is 0.164 e. The van der Waals surface area contributed by atoms with Gasteiger partial charge in [-0.2, -0.15) is 0 Å². The topological polar surface area (TPSA) is 51.6 Å². The molecule has 7 aromatic rings. The van der Waals surface area contributed by atoms with Crippen LogP contribution in [0.3, 0.4) is 0 Å². The van der Waals surface area contributed by atoms with Crippen LogP contribution in [-0.2, 0) is 0 Å². The van der Waals surface area contributed by atoms with E-state index in [1.165, 1.54) is 21.9 Å². The van der Waals surface area contributed by atoms with Crippen molar-refractivity contribution in [1.82, 2.24) is 19.9 Å². The third-order valence-electron chi connectivity index (χ3n) is 7.36. The molecular formula is C37H26N4. The normalized spacial score (nSPS) is 11.0. The molecule has 0 aliphatic rings. The summed E-state index contributed by atoms with van der Waals surface area (Å²) in [7, 11) is 0. The molecule has 4 heteroatoms. The molecule has 0 radical (unpaired) electrons. The number of benzene rings is 5. The molecule has 0 saturated carbocycles. The van der Waals surface area contributed by atoms with Crippen LogP contribution in [0.25, 0.3) is 67.2 Å². The molecular weight excluding hydrogens is 500 g/mol. The van der Waals surface area contributed by atoms with Gasteiger partial charge in [0.05, 0.1) is 0 Å². The van der Waals surface area contributed by atoms with Gasteiger partial charge >= 0.3 is 0 Å². The summed E-state index contributed by atoms with van der Waals surface area (Å²) in [5.41, 5.74) is 8.58. The molecule has 0 aliphatic heterocycles. The summed E-state index contributed by atoms with van der Waals surface area (Å²) in [5.74, 6) is 1.98. The molecule has 7 rings (SSSR count). The summed E-state index contributed by atoms with van der Waals surface area (Å²) in [6, 6.07) is 45.8. The summed E-state index contributed by atoms with van der Waals surface area (Å²) in [5, 5.41) is 2.40. The lowest BCUT2D eigenvalue weighted by molar-refractivity contribution is 1.07. The molecule has 0 spiro atoms. The van der Waals surface area contributed by atoms with Gasteiger partial charge in [-0.3, -0.25) is 4.98 Å². The second kappa shape index (κ2) is 10.6. The number of nitrogens with zero attached hydrogens (tertiary/aromatic N) is 4. The number of hydrogen-bond acceptors (Lipinski definition) is 4. The van der Waals surface area contributed by atoms with Crippen molar-refractivity contribution in [3.05, 3.63) is 145 Å². The molecule has 4 nitrogen and oxygen atoms in total. The molecule has 0 aliphatic carbocycles. The largest absolute Gasteiger partial charge is 0.261 e. The maximum absolute atomic E-state index is 4.85. The lowest BCUT2D eigenvalue weighted by Crippen LogP contribution is -2.00. The van der Waals surface area contributed by atoms with Gasteiger partial charge in [0.15, 0.2) is 17.5 Å². The molecule has 2 heterocycles. The van der Waals surface area contributed by atoms with Gasteiger partial charge in [-0.05, 0) is 46.7 Å². The standard InChI is InChI=1S/C37H26N4/c1-25-34-24-33(21-18-29(34)22-23-38-25)28-14-12-26(13-15-28)27-16-19-32(20-17-27)37-40-35(30-8-4-2-5-9-30)39-36(41-37)31-10-6-3-7-11-31/h2-24H,1H3. The van der Waals surface area contributed by atoms with Crippen LogP contribution >= 0.6 is 0 Å². The number of rotatable bonds is 5. The minimum absolute atomic E-state index is 0.653. The zero-order valence-corrected chi connectivity index (χ0v) is 22.6. The summed E-state index contributed by atoms with van der Waals surface area (Å²) >= 11 is 0. The van der Waals surface area contributed by atoms with Gasteiger partial charge in [-0.1, -0.05) is 121 Å². The Balaban J connectivity index is 1.20. The highest BCUT2D eigenvalue weighted by molar-refractivity contribution is 5.89. The highest BCUT2D eigenvalue weighted by Gasteiger charge is 2.12. The Hall–Kier alpha value is -5.48. The van der Waals surface area contributed by atoms with Crippen molar-refractivity contribution in [2.24, 2.45) is 0 Å². The van der Waals surface area contributed by atoms with E-state index >= 15 is 0 Å². The zero-order chi connectivity index (χ0) is 27.6. The number of hydrogen-bond donors (Lipinski definition) is 0. The van der Waals surface area contributed by atoms with E-state index in [2.05, 4.69) is 84.7 Å². The number of fused-ring (bicyclic) bond motifs is 1. The number of pyridine rings is 1. The van der Waals surface area contributed by atoms with Crippen LogP contribution in [0.2, 0.25) is 0 Å². The number of aromatic nitrogens is 4. The Labute approximate surface area is 239 Å². The summed E-state index contributed by atoms with van der Waals surface area (Å²) in [4.78, 5) is 18.9. The van der Waals surface area contributed by atoms with E-state index in [4.69, 9.17) is 15.0 Å². The molecule has 194 valence electrons. The SMILES string of the molecule is Cc1nccc2ccc(-c3ccc(-c4ccc(-c5nc(-c6ccccc6)nc(-c6ccccc6)n5)cc4)cc3)cc12. The Bertz CT molecular complexity index is 1910. The van der Waals surface area contributed by atoms with Crippen molar-refractivity contribution in [1.29, 1.82) is 0 Å². The second-order valence-corrected chi connectivity index (χ2v) is 10.0. The van der Waals surface area contributed by atoms with Gasteiger partial charge in [0.25, 0.3) is 0 Å². The van der Waals surface area contributed by atoms with Crippen molar-refractivity contribution in [3.63, 3.8) is 0 Å². The first-order valence-corrected chi connectivity index (χ1v) is 13.6. The van der Waals surface area contributed by atoms with Crippen molar-refractivity contribution < 1.29 is 0 Å². The van der Waals surface area contributed by atoms with Crippen LogP contribution in [0.1, 0.15) is 5.69 Å². The van der Waals surface area contributed by atoms with E-state index in [1.807, 2.05) is 66.9 Å². The molecule has 0 saturated heterocycles. The van der Waals surface area contributed by atoms with Gasteiger partial charge in [0, 0.05) is 34.0 Å². The minimum atomic E-state index is 0.653.